The minimum absolute atomic E-state index is 0.0464. The quantitative estimate of drug-likeness (QED) is 0.405. The van der Waals surface area contributed by atoms with Gasteiger partial charge in [0.05, 0.1) is 15.7 Å². The van der Waals surface area contributed by atoms with Crippen LogP contribution in [0.4, 0.5) is 10.1 Å². The maximum Gasteiger partial charge on any atom is 0.304 e. The molecule has 2 rings (SSSR count). The summed E-state index contributed by atoms with van der Waals surface area (Å²) in [6, 6.07) is 9.05. The van der Waals surface area contributed by atoms with E-state index in [4.69, 9.17) is 23.2 Å². The predicted molar refractivity (Wildman–Crippen MR) is 145 cm³/mol. The second-order valence-electron chi connectivity index (χ2n) is 8.76. The van der Waals surface area contributed by atoms with Crippen LogP contribution in [0.5, 0.6) is 0 Å². The molecule has 37 heavy (non-hydrogen) atoms. The van der Waals surface area contributed by atoms with Gasteiger partial charge in [0.1, 0.15) is 18.4 Å². The number of amides is 2. The average molecular weight is 576 g/mol. The fraction of sp³-hybridized carbons (Fsp3) is 0.440. The lowest BCUT2D eigenvalue weighted by Gasteiger charge is -2.34. The topological polar surface area (TPSA) is 90.0 Å². The van der Waals surface area contributed by atoms with E-state index in [0.717, 1.165) is 10.4 Å². The number of rotatable bonds is 12. The van der Waals surface area contributed by atoms with Crippen molar-refractivity contribution in [2.75, 3.05) is 24.9 Å². The first kappa shape index (κ1) is 30.8. The third-order valence-electron chi connectivity index (χ3n) is 5.86. The van der Waals surface area contributed by atoms with Crippen LogP contribution in [-0.4, -0.2) is 62.2 Å². The lowest BCUT2D eigenvalue weighted by atomic mass is 10.1. The highest BCUT2D eigenvalue weighted by molar-refractivity contribution is 7.90. The Hall–Kier alpha value is -2.40. The van der Waals surface area contributed by atoms with Gasteiger partial charge < -0.3 is 10.2 Å². The van der Waals surface area contributed by atoms with Crippen molar-refractivity contribution in [3.63, 3.8) is 0 Å². The Morgan fingerprint density at radius 3 is 2.22 bits per heavy atom. The highest BCUT2D eigenvalue weighted by atomic mass is 35.5. The van der Waals surface area contributed by atoms with Crippen molar-refractivity contribution in [2.24, 2.45) is 0 Å². The van der Waals surface area contributed by atoms with Crippen LogP contribution in [0.25, 0.3) is 0 Å². The number of halogens is 3. The molecule has 2 aromatic rings. The molecule has 0 aliphatic heterocycles. The van der Waals surface area contributed by atoms with E-state index >= 15 is 0 Å². The molecule has 2 atom stereocenters. The zero-order valence-electron chi connectivity index (χ0n) is 21.5. The van der Waals surface area contributed by atoms with Crippen molar-refractivity contribution in [1.29, 1.82) is 0 Å². The number of carbonyl (C=O) groups is 2. The second kappa shape index (κ2) is 13.4. The van der Waals surface area contributed by atoms with Gasteiger partial charge in [-0.05, 0) is 49.6 Å². The largest absolute Gasteiger partial charge is 0.352 e. The molecule has 0 saturated carbocycles. The predicted octanol–water partition coefficient (Wildman–Crippen LogP) is 4.47. The molecule has 204 valence electrons. The maximum absolute atomic E-state index is 14.7. The first-order valence-electron chi connectivity index (χ1n) is 11.8. The molecule has 2 amide bonds. The number of para-hydroxylation sites is 1. The van der Waals surface area contributed by atoms with Crippen LogP contribution in [0.2, 0.25) is 10.0 Å². The summed E-state index contributed by atoms with van der Waals surface area (Å²) in [6.45, 7) is 4.74. The van der Waals surface area contributed by atoms with Gasteiger partial charge in [-0.3, -0.25) is 9.59 Å². The lowest BCUT2D eigenvalue weighted by Crippen LogP contribution is -2.54. The van der Waals surface area contributed by atoms with Gasteiger partial charge in [-0.25, -0.2) is 8.70 Å². The number of nitrogens with zero attached hydrogens (tertiary/aromatic N) is 3. The molecule has 2 aromatic carbocycles. The number of anilines is 1. The Bertz CT molecular complexity index is 1210. The third kappa shape index (κ3) is 7.80. The van der Waals surface area contributed by atoms with Gasteiger partial charge in [0.15, 0.2) is 0 Å². The van der Waals surface area contributed by atoms with Crippen LogP contribution >= 0.6 is 23.2 Å². The molecule has 0 fully saturated rings. The summed E-state index contributed by atoms with van der Waals surface area (Å²) >= 11 is 12.2. The van der Waals surface area contributed by atoms with Crippen molar-refractivity contribution < 1.29 is 22.4 Å². The molecular weight excluding hydrogens is 542 g/mol. The van der Waals surface area contributed by atoms with E-state index in [1.807, 2.05) is 13.8 Å². The van der Waals surface area contributed by atoms with Crippen molar-refractivity contribution in [3.8, 4) is 0 Å². The van der Waals surface area contributed by atoms with Crippen LogP contribution < -0.4 is 9.62 Å². The summed E-state index contributed by atoms with van der Waals surface area (Å²) in [7, 11) is -1.69. The van der Waals surface area contributed by atoms with E-state index in [9.17, 15) is 22.4 Å². The minimum atomic E-state index is -4.26. The summed E-state index contributed by atoms with van der Waals surface area (Å²) in [4.78, 5) is 28.2. The molecule has 0 aliphatic carbocycles. The van der Waals surface area contributed by atoms with Gasteiger partial charge in [-0.2, -0.15) is 12.7 Å². The van der Waals surface area contributed by atoms with Gasteiger partial charge in [-0.15, -0.1) is 0 Å². The molecule has 0 bridgehead atoms. The Balaban J connectivity index is 2.54. The number of hydrogen-bond acceptors (Lipinski definition) is 4. The molecule has 1 N–H and O–H groups in total. The highest BCUT2D eigenvalue weighted by Gasteiger charge is 2.35. The first-order chi connectivity index (χ1) is 17.3. The molecule has 0 heterocycles. The monoisotopic (exact) mass is 574 g/mol. The molecule has 0 aliphatic rings. The van der Waals surface area contributed by atoms with Crippen molar-refractivity contribution in [2.45, 2.75) is 52.2 Å². The average Bonchev–Trinajstić information content (AvgIpc) is 2.84. The van der Waals surface area contributed by atoms with E-state index < -0.39 is 34.5 Å². The van der Waals surface area contributed by atoms with E-state index in [-0.39, 0.29) is 35.6 Å². The Labute approximate surface area is 228 Å². The van der Waals surface area contributed by atoms with Crippen LogP contribution in [-0.2, 0) is 26.3 Å². The zero-order chi connectivity index (χ0) is 27.9. The van der Waals surface area contributed by atoms with Gasteiger partial charge in [0.25, 0.3) is 0 Å². The van der Waals surface area contributed by atoms with Crippen molar-refractivity contribution in [1.82, 2.24) is 14.5 Å². The number of nitrogens with one attached hydrogen (secondary N) is 1. The van der Waals surface area contributed by atoms with E-state index in [1.54, 1.807) is 25.1 Å². The summed E-state index contributed by atoms with van der Waals surface area (Å²) in [5.74, 6) is -1.87. The molecular formula is C25H33Cl2FN4O4S. The molecule has 0 radical (unpaired) electrons. The Morgan fingerprint density at radius 1 is 1.03 bits per heavy atom. The minimum Gasteiger partial charge on any atom is -0.352 e. The SMILES string of the molecule is CC[C@H](C(=O)N[C@@H](C)CC)N(Cc1ccc(Cl)c(Cl)c1)C(=O)CN(c1ccccc1F)S(=O)(=O)N(C)C. The van der Waals surface area contributed by atoms with E-state index in [2.05, 4.69) is 5.32 Å². The molecule has 0 saturated heterocycles. The van der Waals surface area contributed by atoms with Gasteiger partial charge >= 0.3 is 10.2 Å². The molecule has 0 unspecified atom stereocenters. The van der Waals surface area contributed by atoms with Crippen LogP contribution in [0.3, 0.4) is 0 Å². The first-order valence-corrected chi connectivity index (χ1v) is 14.0. The fourth-order valence-corrected chi connectivity index (χ4v) is 4.94. The highest BCUT2D eigenvalue weighted by Crippen LogP contribution is 2.26. The van der Waals surface area contributed by atoms with Gasteiger partial charge in [-0.1, -0.05) is 55.2 Å². The van der Waals surface area contributed by atoms with Crippen molar-refractivity contribution >= 4 is 50.9 Å². The van der Waals surface area contributed by atoms with Crippen LogP contribution in [0, 0.1) is 5.82 Å². The summed E-state index contributed by atoms with van der Waals surface area (Å²) in [6.07, 6.45) is 0.945. The van der Waals surface area contributed by atoms with E-state index in [0.29, 0.717) is 21.3 Å². The van der Waals surface area contributed by atoms with Crippen LogP contribution in [0.1, 0.15) is 39.2 Å². The normalized spacial score (nSPS) is 13.2. The lowest BCUT2D eigenvalue weighted by molar-refractivity contribution is -0.140. The maximum atomic E-state index is 14.7. The molecule has 12 heteroatoms. The number of benzene rings is 2. The number of hydrogen-bond donors (Lipinski definition) is 1. The summed E-state index contributed by atoms with van der Waals surface area (Å²) in [5, 5.41) is 3.48. The third-order valence-corrected chi connectivity index (χ3v) is 8.41. The van der Waals surface area contributed by atoms with E-state index in [1.165, 1.54) is 37.2 Å². The Kier molecular flexibility index (Phi) is 11.2. The number of carbonyl (C=O) groups excluding carboxylic acids is 2. The second-order valence-corrected chi connectivity index (χ2v) is 11.6. The summed E-state index contributed by atoms with van der Waals surface area (Å²) in [5.41, 5.74) is 0.307. The summed E-state index contributed by atoms with van der Waals surface area (Å²) < 4.78 is 42.6. The molecule has 0 spiro atoms. The molecule has 0 aromatic heterocycles. The molecule has 8 nitrogen and oxygen atoms in total. The fourth-order valence-electron chi connectivity index (χ4n) is 3.55. The zero-order valence-corrected chi connectivity index (χ0v) is 23.9. The standard InChI is InChI=1S/C25H33Cl2FN4O4S/c1-6-17(3)29-25(34)22(7-2)31(15-18-12-13-19(26)20(27)14-18)24(33)16-32(37(35,36)30(4)5)23-11-9-8-10-21(23)28/h8-14,17,22H,6-7,15-16H2,1-5H3,(H,29,34)/t17-,22+/m0/s1. The Morgan fingerprint density at radius 2 is 1.68 bits per heavy atom. The van der Waals surface area contributed by atoms with Gasteiger partial charge in [0.2, 0.25) is 11.8 Å². The van der Waals surface area contributed by atoms with Crippen LogP contribution in [0.15, 0.2) is 42.5 Å². The smallest absolute Gasteiger partial charge is 0.304 e. The van der Waals surface area contributed by atoms with Crippen molar-refractivity contribution in [3.05, 3.63) is 63.9 Å². The van der Waals surface area contributed by atoms with Gasteiger partial charge in [0, 0.05) is 26.7 Å².